The molecule has 0 N–H and O–H groups in total. The SMILES string of the molecule is CN(C)CCC1Oc2ccccc2Oc2ccccc21.Cl. The zero-order chi connectivity index (χ0) is 13.9. The number of nitrogens with zero attached hydrogens (tertiary/aromatic N) is 1. The van der Waals surface area contributed by atoms with Crippen molar-refractivity contribution in [2.75, 3.05) is 20.6 Å². The van der Waals surface area contributed by atoms with E-state index in [0.29, 0.717) is 0 Å². The molecule has 3 nitrogen and oxygen atoms in total. The summed E-state index contributed by atoms with van der Waals surface area (Å²) in [6.45, 7) is 0.973. The molecule has 0 saturated carbocycles. The lowest BCUT2D eigenvalue weighted by Crippen LogP contribution is -2.18. The van der Waals surface area contributed by atoms with Crippen LogP contribution in [0.5, 0.6) is 17.2 Å². The van der Waals surface area contributed by atoms with Crippen LogP contribution in [-0.2, 0) is 0 Å². The van der Waals surface area contributed by atoms with E-state index >= 15 is 0 Å². The Balaban J connectivity index is 0.00000161. The molecule has 1 aliphatic heterocycles. The van der Waals surface area contributed by atoms with Crippen LogP contribution >= 0.6 is 12.4 Å². The van der Waals surface area contributed by atoms with Crippen LogP contribution in [-0.4, -0.2) is 25.5 Å². The molecule has 0 amide bonds. The summed E-state index contributed by atoms with van der Waals surface area (Å²) in [7, 11) is 4.15. The van der Waals surface area contributed by atoms with E-state index in [1.165, 1.54) is 0 Å². The molecular formula is C17H20ClNO2. The van der Waals surface area contributed by atoms with Crippen LogP contribution in [0, 0.1) is 0 Å². The molecule has 0 radical (unpaired) electrons. The van der Waals surface area contributed by atoms with Crippen LogP contribution in [0.1, 0.15) is 18.1 Å². The molecule has 0 bridgehead atoms. The zero-order valence-corrected chi connectivity index (χ0v) is 13.1. The lowest BCUT2D eigenvalue weighted by molar-refractivity contribution is 0.181. The van der Waals surface area contributed by atoms with Gasteiger partial charge in [0.15, 0.2) is 11.5 Å². The summed E-state index contributed by atoms with van der Waals surface area (Å²) in [4.78, 5) is 2.17. The Labute approximate surface area is 131 Å². The molecule has 0 aromatic heterocycles. The molecule has 1 aliphatic rings. The van der Waals surface area contributed by atoms with Crippen LogP contribution in [0.3, 0.4) is 0 Å². The number of ether oxygens (including phenoxy) is 2. The maximum atomic E-state index is 6.18. The maximum absolute atomic E-state index is 6.18. The summed E-state index contributed by atoms with van der Waals surface area (Å²) in [6.07, 6.45) is 0.957. The van der Waals surface area contributed by atoms with Gasteiger partial charge in [-0.3, -0.25) is 0 Å². The third-order valence-electron chi connectivity index (χ3n) is 3.44. The minimum atomic E-state index is 0. The highest BCUT2D eigenvalue weighted by Gasteiger charge is 2.23. The third kappa shape index (κ3) is 3.49. The molecule has 2 aromatic carbocycles. The Morgan fingerprint density at radius 1 is 0.905 bits per heavy atom. The topological polar surface area (TPSA) is 21.7 Å². The average Bonchev–Trinajstić information content (AvgIpc) is 2.61. The van der Waals surface area contributed by atoms with Gasteiger partial charge in [-0.05, 0) is 32.3 Å². The number of hydrogen-bond donors (Lipinski definition) is 0. The molecule has 0 saturated heterocycles. The lowest BCUT2D eigenvalue weighted by atomic mass is 10.1. The van der Waals surface area contributed by atoms with Gasteiger partial charge >= 0.3 is 0 Å². The van der Waals surface area contributed by atoms with Gasteiger partial charge in [0.1, 0.15) is 11.9 Å². The predicted molar refractivity (Wildman–Crippen MR) is 86.7 cm³/mol. The fraction of sp³-hybridized carbons (Fsp3) is 0.294. The number of hydrogen-bond acceptors (Lipinski definition) is 3. The molecule has 1 unspecified atom stereocenters. The molecule has 2 aromatic rings. The van der Waals surface area contributed by atoms with E-state index in [4.69, 9.17) is 9.47 Å². The van der Waals surface area contributed by atoms with Crippen molar-refractivity contribution in [3.05, 3.63) is 54.1 Å². The predicted octanol–water partition coefficient (Wildman–Crippen LogP) is 4.29. The summed E-state index contributed by atoms with van der Waals surface area (Å²) in [5, 5.41) is 0. The van der Waals surface area contributed by atoms with Crippen LogP contribution in [0.2, 0.25) is 0 Å². The van der Waals surface area contributed by atoms with Gasteiger partial charge in [0.2, 0.25) is 0 Å². The van der Waals surface area contributed by atoms with Gasteiger partial charge in [-0.15, -0.1) is 12.4 Å². The van der Waals surface area contributed by atoms with Crippen LogP contribution in [0.25, 0.3) is 0 Å². The molecule has 0 fully saturated rings. The van der Waals surface area contributed by atoms with E-state index in [1.807, 2.05) is 42.5 Å². The summed E-state index contributed by atoms with van der Waals surface area (Å²) < 4.78 is 12.2. The molecular weight excluding hydrogens is 286 g/mol. The van der Waals surface area contributed by atoms with E-state index in [9.17, 15) is 0 Å². The quantitative estimate of drug-likeness (QED) is 0.844. The maximum Gasteiger partial charge on any atom is 0.169 e. The highest BCUT2D eigenvalue weighted by molar-refractivity contribution is 5.85. The van der Waals surface area contributed by atoms with Gasteiger partial charge in [-0.1, -0.05) is 30.3 Å². The number of benzene rings is 2. The van der Waals surface area contributed by atoms with Crippen LogP contribution in [0.15, 0.2) is 48.5 Å². The summed E-state index contributed by atoms with van der Waals surface area (Å²) in [6, 6.07) is 16.0. The van der Waals surface area contributed by atoms with Gasteiger partial charge in [-0.2, -0.15) is 0 Å². The highest BCUT2D eigenvalue weighted by Crippen LogP contribution is 2.42. The minimum absolute atomic E-state index is 0. The van der Waals surface area contributed by atoms with Crippen LogP contribution < -0.4 is 9.47 Å². The van der Waals surface area contributed by atoms with Gasteiger partial charge in [0.05, 0.1) is 0 Å². The molecule has 0 spiro atoms. The fourth-order valence-electron chi connectivity index (χ4n) is 2.40. The van der Waals surface area contributed by atoms with Gasteiger partial charge in [-0.25, -0.2) is 0 Å². The largest absolute Gasteiger partial charge is 0.482 e. The number of halogens is 1. The number of fused-ring (bicyclic) bond motifs is 2. The lowest BCUT2D eigenvalue weighted by Gasteiger charge is -2.20. The highest BCUT2D eigenvalue weighted by atomic mass is 35.5. The number of rotatable bonds is 3. The van der Waals surface area contributed by atoms with Crippen LogP contribution in [0.4, 0.5) is 0 Å². The first-order valence-electron chi connectivity index (χ1n) is 6.91. The summed E-state index contributed by atoms with van der Waals surface area (Å²) in [5.74, 6) is 2.49. The van der Waals surface area contributed by atoms with Gasteiger partial charge < -0.3 is 14.4 Å². The zero-order valence-electron chi connectivity index (χ0n) is 12.3. The molecule has 21 heavy (non-hydrogen) atoms. The Kier molecular flexibility index (Phi) is 5.10. The second kappa shape index (κ2) is 6.83. The molecule has 112 valence electrons. The van der Waals surface area contributed by atoms with Gasteiger partial charge in [0, 0.05) is 18.5 Å². The Bertz CT molecular complexity index is 601. The Morgan fingerprint density at radius 2 is 1.52 bits per heavy atom. The summed E-state index contributed by atoms with van der Waals surface area (Å²) in [5.41, 5.74) is 1.12. The Hall–Kier alpha value is -1.71. The van der Waals surface area contributed by atoms with Crippen molar-refractivity contribution in [3.63, 3.8) is 0 Å². The minimum Gasteiger partial charge on any atom is -0.482 e. The Morgan fingerprint density at radius 3 is 2.24 bits per heavy atom. The third-order valence-corrected chi connectivity index (χ3v) is 3.44. The van der Waals surface area contributed by atoms with Crippen molar-refractivity contribution in [2.24, 2.45) is 0 Å². The summed E-state index contributed by atoms with van der Waals surface area (Å²) >= 11 is 0. The molecule has 1 atom stereocenters. The van der Waals surface area contributed by atoms with Crippen molar-refractivity contribution >= 4 is 12.4 Å². The first kappa shape index (κ1) is 15.7. The van der Waals surface area contributed by atoms with Gasteiger partial charge in [0.25, 0.3) is 0 Å². The second-order valence-corrected chi connectivity index (χ2v) is 5.29. The molecule has 3 rings (SSSR count). The second-order valence-electron chi connectivity index (χ2n) is 5.29. The molecule has 1 heterocycles. The van der Waals surface area contributed by atoms with E-state index in [2.05, 4.69) is 25.1 Å². The van der Waals surface area contributed by atoms with Crippen molar-refractivity contribution in [2.45, 2.75) is 12.5 Å². The van der Waals surface area contributed by atoms with Crippen molar-refractivity contribution in [3.8, 4) is 17.2 Å². The van der Waals surface area contributed by atoms with E-state index in [-0.39, 0.29) is 18.5 Å². The fourth-order valence-corrected chi connectivity index (χ4v) is 2.40. The van der Waals surface area contributed by atoms with Crippen molar-refractivity contribution < 1.29 is 9.47 Å². The smallest absolute Gasteiger partial charge is 0.169 e. The average molecular weight is 306 g/mol. The van der Waals surface area contributed by atoms with Crippen molar-refractivity contribution in [1.29, 1.82) is 0 Å². The first-order valence-corrected chi connectivity index (χ1v) is 6.91. The molecule has 0 aliphatic carbocycles. The molecule has 4 heteroatoms. The van der Waals surface area contributed by atoms with E-state index < -0.39 is 0 Å². The van der Waals surface area contributed by atoms with E-state index in [1.54, 1.807) is 0 Å². The standard InChI is InChI=1S/C17H19NO2.ClH/c1-18(2)12-11-15-13-7-3-4-8-14(13)19-16-9-5-6-10-17(16)20-15;/h3-10,15H,11-12H2,1-2H3;1H. The normalized spacial score (nSPS) is 15.9. The van der Waals surface area contributed by atoms with Crippen molar-refractivity contribution in [1.82, 2.24) is 4.90 Å². The monoisotopic (exact) mass is 305 g/mol. The number of para-hydroxylation sites is 3. The van der Waals surface area contributed by atoms with E-state index in [0.717, 1.165) is 35.8 Å². The first-order chi connectivity index (χ1) is 9.74.